The first kappa shape index (κ1) is 12.8. The maximum absolute atomic E-state index is 14.0. The third-order valence-electron chi connectivity index (χ3n) is 3.54. The number of nitriles is 1. The number of anilines is 1. The van der Waals surface area contributed by atoms with Crippen LogP contribution in [-0.4, -0.2) is 12.6 Å². The van der Waals surface area contributed by atoms with Gasteiger partial charge in [-0.05, 0) is 31.9 Å². The maximum Gasteiger partial charge on any atom is 0.150 e. The molecule has 0 unspecified atom stereocenters. The van der Waals surface area contributed by atoms with Crippen molar-refractivity contribution in [3.63, 3.8) is 0 Å². The summed E-state index contributed by atoms with van der Waals surface area (Å²) in [5.74, 6) is -1.28. The van der Waals surface area contributed by atoms with Crippen LogP contribution in [0.4, 0.5) is 14.5 Å². The number of rotatable bonds is 3. The van der Waals surface area contributed by atoms with Crippen LogP contribution in [0.3, 0.4) is 0 Å². The predicted octanol–water partition coefficient (Wildman–Crippen LogP) is 3.61. The lowest BCUT2D eigenvalue weighted by atomic mass is 10.1. The van der Waals surface area contributed by atoms with Crippen molar-refractivity contribution >= 4 is 5.69 Å². The van der Waals surface area contributed by atoms with Gasteiger partial charge >= 0.3 is 0 Å². The first-order valence-corrected chi connectivity index (χ1v) is 6.33. The van der Waals surface area contributed by atoms with E-state index in [9.17, 15) is 8.78 Å². The Kier molecular flexibility index (Phi) is 3.81. The molecule has 0 spiro atoms. The molecule has 0 bridgehead atoms. The van der Waals surface area contributed by atoms with Crippen molar-refractivity contribution in [1.82, 2.24) is 0 Å². The van der Waals surface area contributed by atoms with Gasteiger partial charge in [0, 0.05) is 12.6 Å². The van der Waals surface area contributed by atoms with Gasteiger partial charge in [-0.1, -0.05) is 12.8 Å². The van der Waals surface area contributed by atoms with Crippen molar-refractivity contribution in [2.75, 3.05) is 11.4 Å². The normalized spacial score (nSPS) is 15.7. The largest absolute Gasteiger partial charge is 0.364 e. The molecular weight excluding hydrogens is 234 g/mol. The number of hydrogen-bond donors (Lipinski definition) is 0. The Labute approximate surface area is 106 Å². The summed E-state index contributed by atoms with van der Waals surface area (Å²) >= 11 is 0. The summed E-state index contributed by atoms with van der Waals surface area (Å²) in [4.78, 5) is 1.79. The average molecular weight is 250 g/mol. The van der Waals surface area contributed by atoms with Gasteiger partial charge in [0.15, 0.2) is 11.6 Å². The standard InChI is InChI=1S/C14H16F2N2/c1-2-18(11-5-3-4-6-11)14-12(15)7-10(9-17)8-13(14)16/h7-8,11H,2-6H2,1H3. The summed E-state index contributed by atoms with van der Waals surface area (Å²) in [5.41, 5.74) is 0.0413. The van der Waals surface area contributed by atoms with E-state index < -0.39 is 11.6 Å². The first-order chi connectivity index (χ1) is 8.67. The molecule has 1 aliphatic carbocycles. The third kappa shape index (κ3) is 2.31. The van der Waals surface area contributed by atoms with E-state index in [2.05, 4.69) is 0 Å². The van der Waals surface area contributed by atoms with Crippen LogP contribution in [0.15, 0.2) is 12.1 Å². The molecule has 1 fully saturated rings. The Morgan fingerprint density at radius 1 is 1.28 bits per heavy atom. The molecule has 0 N–H and O–H groups in total. The molecule has 4 heteroatoms. The van der Waals surface area contributed by atoms with Crippen molar-refractivity contribution in [2.45, 2.75) is 38.6 Å². The molecule has 2 rings (SSSR count). The highest BCUT2D eigenvalue weighted by molar-refractivity contribution is 5.53. The lowest BCUT2D eigenvalue weighted by Gasteiger charge is -2.30. The molecule has 0 saturated heterocycles. The molecule has 2 nitrogen and oxygen atoms in total. The maximum atomic E-state index is 14.0. The number of nitrogens with zero attached hydrogens (tertiary/aromatic N) is 2. The van der Waals surface area contributed by atoms with Gasteiger partial charge in [0.2, 0.25) is 0 Å². The second-order valence-electron chi connectivity index (χ2n) is 4.62. The van der Waals surface area contributed by atoms with Gasteiger partial charge in [-0.2, -0.15) is 5.26 Å². The molecular formula is C14H16F2N2. The van der Waals surface area contributed by atoms with Crippen LogP contribution < -0.4 is 4.90 Å². The molecule has 0 heterocycles. The Balaban J connectivity index is 2.39. The number of benzene rings is 1. The van der Waals surface area contributed by atoms with Crippen LogP contribution >= 0.6 is 0 Å². The molecule has 0 radical (unpaired) electrons. The van der Waals surface area contributed by atoms with Crippen LogP contribution in [-0.2, 0) is 0 Å². The van der Waals surface area contributed by atoms with Crippen LogP contribution in [0.5, 0.6) is 0 Å². The van der Waals surface area contributed by atoms with E-state index in [0.717, 1.165) is 37.8 Å². The molecule has 1 aromatic carbocycles. The Hall–Kier alpha value is -1.63. The minimum Gasteiger partial charge on any atom is -0.364 e. The Morgan fingerprint density at radius 3 is 2.28 bits per heavy atom. The summed E-state index contributed by atoms with van der Waals surface area (Å²) in [6, 6.07) is 4.19. The quantitative estimate of drug-likeness (QED) is 0.819. The van der Waals surface area contributed by atoms with Gasteiger partial charge in [-0.3, -0.25) is 0 Å². The van der Waals surface area contributed by atoms with E-state index in [1.165, 1.54) is 0 Å². The Bertz CT molecular complexity index is 450. The van der Waals surface area contributed by atoms with E-state index >= 15 is 0 Å². The highest BCUT2D eigenvalue weighted by atomic mass is 19.1. The van der Waals surface area contributed by atoms with Gasteiger partial charge in [0.05, 0.1) is 11.6 Å². The van der Waals surface area contributed by atoms with Crippen LogP contribution in [0.2, 0.25) is 0 Å². The van der Waals surface area contributed by atoms with Gasteiger partial charge in [-0.15, -0.1) is 0 Å². The smallest absolute Gasteiger partial charge is 0.150 e. The predicted molar refractivity (Wildman–Crippen MR) is 66.3 cm³/mol. The third-order valence-corrected chi connectivity index (χ3v) is 3.54. The molecule has 0 aliphatic heterocycles. The fourth-order valence-electron chi connectivity index (χ4n) is 2.72. The summed E-state index contributed by atoms with van der Waals surface area (Å²) in [7, 11) is 0. The van der Waals surface area contributed by atoms with Gasteiger partial charge in [0.25, 0.3) is 0 Å². The fraction of sp³-hybridized carbons (Fsp3) is 0.500. The lowest BCUT2D eigenvalue weighted by Crippen LogP contribution is -2.34. The van der Waals surface area contributed by atoms with Crippen LogP contribution in [0, 0.1) is 23.0 Å². The topological polar surface area (TPSA) is 27.0 Å². The molecule has 18 heavy (non-hydrogen) atoms. The van der Waals surface area contributed by atoms with Gasteiger partial charge < -0.3 is 4.90 Å². The zero-order valence-corrected chi connectivity index (χ0v) is 10.4. The minimum atomic E-state index is -0.639. The molecule has 1 aromatic rings. The lowest BCUT2D eigenvalue weighted by molar-refractivity contribution is 0.541. The van der Waals surface area contributed by atoms with Crippen LogP contribution in [0.1, 0.15) is 38.2 Å². The van der Waals surface area contributed by atoms with Crippen LogP contribution in [0.25, 0.3) is 0 Å². The van der Waals surface area contributed by atoms with E-state index in [-0.39, 0.29) is 17.3 Å². The number of hydrogen-bond acceptors (Lipinski definition) is 2. The molecule has 0 aromatic heterocycles. The van der Waals surface area contributed by atoms with Gasteiger partial charge in [-0.25, -0.2) is 8.78 Å². The fourth-order valence-corrected chi connectivity index (χ4v) is 2.72. The van der Waals surface area contributed by atoms with E-state index in [1.807, 2.05) is 6.92 Å². The highest BCUT2D eigenvalue weighted by Crippen LogP contribution is 2.32. The van der Waals surface area contributed by atoms with E-state index in [1.54, 1.807) is 11.0 Å². The highest BCUT2D eigenvalue weighted by Gasteiger charge is 2.26. The SMILES string of the molecule is CCN(c1c(F)cc(C#N)cc1F)C1CCCC1. The number of halogens is 2. The molecule has 1 saturated carbocycles. The van der Waals surface area contributed by atoms with Gasteiger partial charge in [0.1, 0.15) is 5.69 Å². The van der Waals surface area contributed by atoms with Crippen molar-refractivity contribution in [2.24, 2.45) is 0 Å². The van der Waals surface area contributed by atoms with E-state index in [4.69, 9.17) is 5.26 Å². The monoisotopic (exact) mass is 250 g/mol. The second kappa shape index (κ2) is 5.34. The second-order valence-corrected chi connectivity index (χ2v) is 4.62. The first-order valence-electron chi connectivity index (χ1n) is 6.33. The summed E-state index contributed by atoms with van der Waals surface area (Å²) in [6.07, 6.45) is 4.18. The Morgan fingerprint density at radius 2 is 1.83 bits per heavy atom. The van der Waals surface area contributed by atoms with Crippen molar-refractivity contribution in [3.8, 4) is 6.07 Å². The molecule has 0 amide bonds. The van der Waals surface area contributed by atoms with Crippen molar-refractivity contribution in [3.05, 3.63) is 29.3 Å². The van der Waals surface area contributed by atoms with E-state index in [0.29, 0.717) is 6.54 Å². The van der Waals surface area contributed by atoms with Crippen molar-refractivity contribution < 1.29 is 8.78 Å². The zero-order chi connectivity index (χ0) is 13.1. The summed E-state index contributed by atoms with van der Waals surface area (Å²) in [5, 5.41) is 8.69. The molecule has 0 atom stereocenters. The molecule has 1 aliphatic rings. The minimum absolute atomic E-state index is 0.0170. The summed E-state index contributed by atoms with van der Waals surface area (Å²) in [6.45, 7) is 2.47. The zero-order valence-electron chi connectivity index (χ0n) is 10.4. The summed E-state index contributed by atoms with van der Waals surface area (Å²) < 4.78 is 27.9. The average Bonchev–Trinajstić information content (AvgIpc) is 2.86. The van der Waals surface area contributed by atoms with Crippen molar-refractivity contribution in [1.29, 1.82) is 5.26 Å². The molecule has 96 valence electrons.